The maximum absolute atomic E-state index is 15.0. The van der Waals surface area contributed by atoms with E-state index in [4.69, 9.17) is 21.3 Å². The van der Waals surface area contributed by atoms with Crippen LogP contribution >= 0.6 is 11.6 Å². The van der Waals surface area contributed by atoms with Gasteiger partial charge in [-0.1, -0.05) is 30.3 Å². The SMILES string of the molecule is C=CC(=O)N1CCN2c3nc(=O)n(-c4c(C)ncnc4C)c4nc(-c5ccccc5F)c(Cl)c(c34)OC[C@H]2C1. The Bertz CT molecular complexity index is 1720. The fourth-order valence-corrected chi connectivity index (χ4v) is 5.55. The summed E-state index contributed by atoms with van der Waals surface area (Å²) in [4.78, 5) is 47.5. The average molecular weight is 548 g/mol. The fraction of sp³-hybridized carbons (Fsp3) is 0.259. The Kier molecular flexibility index (Phi) is 6.02. The number of fused-ring (bicyclic) bond motifs is 2. The number of aryl methyl sites for hydroxylation is 2. The molecule has 10 nitrogen and oxygen atoms in total. The predicted octanol–water partition coefficient (Wildman–Crippen LogP) is 3.24. The van der Waals surface area contributed by atoms with Crippen LogP contribution in [0, 0.1) is 19.7 Å². The van der Waals surface area contributed by atoms with Crippen molar-refractivity contribution in [2.45, 2.75) is 19.9 Å². The highest BCUT2D eigenvalue weighted by Crippen LogP contribution is 2.45. The highest BCUT2D eigenvalue weighted by molar-refractivity contribution is 6.36. The molecule has 0 spiro atoms. The molecule has 0 radical (unpaired) electrons. The zero-order chi connectivity index (χ0) is 27.4. The van der Waals surface area contributed by atoms with Crippen molar-refractivity contribution < 1.29 is 13.9 Å². The standard InChI is InChI=1S/C27H23ClFN7O3/c1-4-19(37)34-9-10-35-16(11-34)12-39-24-20-25(35)33-27(38)36(23-14(2)30-13-31-15(23)3)26(20)32-22(21(24)28)17-7-5-6-8-18(17)29/h4-8,13,16H,1,9-12H2,2-3H3/t16-/m1/s1. The third-order valence-corrected chi connectivity index (χ3v) is 7.46. The molecule has 2 aliphatic rings. The second-order valence-electron chi connectivity index (χ2n) is 9.38. The van der Waals surface area contributed by atoms with Crippen LogP contribution in [0.1, 0.15) is 11.4 Å². The van der Waals surface area contributed by atoms with Gasteiger partial charge in [0.05, 0.1) is 28.8 Å². The van der Waals surface area contributed by atoms with E-state index >= 15 is 0 Å². The molecule has 0 N–H and O–H groups in total. The Hall–Kier alpha value is -4.38. The number of halogens is 2. The Morgan fingerprint density at radius 3 is 2.64 bits per heavy atom. The van der Waals surface area contributed by atoms with E-state index in [-0.39, 0.29) is 46.2 Å². The van der Waals surface area contributed by atoms with E-state index in [1.165, 1.54) is 23.0 Å². The summed E-state index contributed by atoms with van der Waals surface area (Å²) in [6.07, 6.45) is 2.68. The lowest BCUT2D eigenvalue weighted by atomic mass is 10.1. The normalized spacial score (nSPS) is 16.5. The molecule has 1 atom stereocenters. The van der Waals surface area contributed by atoms with Crippen molar-refractivity contribution in [2.24, 2.45) is 0 Å². The lowest BCUT2D eigenvalue weighted by Crippen LogP contribution is -2.56. The number of piperazine rings is 1. The summed E-state index contributed by atoms with van der Waals surface area (Å²) in [5, 5.41) is 0.505. The number of nitrogens with zero attached hydrogens (tertiary/aromatic N) is 7. The Labute approximate surface area is 227 Å². The summed E-state index contributed by atoms with van der Waals surface area (Å²) in [5.74, 6) is -0.140. The van der Waals surface area contributed by atoms with Crippen LogP contribution < -0.4 is 15.3 Å². The first-order valence-electron chi connectivity index (χ1n) is 12.3. The number of rotatable bonds is 3. The molecule has 3 aromatic heterocycles. The van der Waals surface area contributed by atoms with E-state index in [0.29, 0.717) is 47.9 Å². The number of anilines is 1. The third kappa shape index (κ3) is 3.92. The number of ether oxygens (including phenoxy) is 1. The molecule has 0 unspecified atom stereocenters. The van der Waals surface area contributed by atoms with Crippen LogP contribution in [0.15, 0.2) is 48.0 Å². The average Bonchev–Trinajstić information content (AvgIpc) is 3.09. The van der Waals surface area contributed by atoms with E-state index in [1.807, 2.05) is 4.90 Å². The highest BCUT2D eigenvalue weighted by Gasteiger charge is 2.37. The Morgan fingerprint density at radius 1 is 1.18 bits per heavy atom. The number of pyridine rings is 1. The number of hydrogen-bond donors (Lipinski definition) is 0. The van der Waals surface area contributed by atoms with Gasteiger partial charge in [-0.2, -0.15) is 4.98 Å². The Balaban J connectivity index is 1.68. The minimum absolute atomic E-state index is 0.0949. The van der Waals surface area contributed by atoms with Gasteiger partial charge in [0.1, 0.15) is 35.0 Å². The zero-order valence-corrected chi connectivity index (χ0v) is 21.9. The molecule has 1 aromatic carbocycles. The van der Waals surface area contributed by atoms with Crippen molar-refractivity contribution in [3.8, 4) is 22.7 Å². The van der Waals surface area contributed by atoms with Gasteiger partial charge < -0.3 is 14.5 Å². The number of aromatic nitrogens is 5. The second-order valence-corrected chi connectivity index (χ2v) is 9.75. The maximum atomic E-state index is 15.0. The van der Waals surface area contributed by atoms with Gasteiger partial charge in [0.15, 0.2) is 11.4 Å². The summed E-state index contributed by atoms with van der Waals surface area (Å²) < 4.78 is 22.6. The first kappa shape index (κ1) is 24.9. The molecule has 1 saturated heterocycles. The molecule has 5 heterocycles. The van der Waals surface area contributed by atoms with Gasteiger partial charge in [0.25, 0.3) is 0 Å². The lowest BCUT2D eigenvalue weighted by molar-refractivity contribution is -0.126. The summed E-state index contributed by atoms with van der Waals surface area (Å²) in [7, 11) is 0. The second kappa shape index (κ2) is 9.42. The molecule has 2 aliphatic heterocycles. The van der Waals surface area contributed by atoms with Crippen molar-refractivity contribution in [1.82, 2.24) is 29.4 Å². The van der Waals surface area contributed by atoms with Crippen LogP contribution in [-0.2, 0) is 4.79 Å². The molecule has 0 bridgehead atoms. The van der Waals surface area contributed by atoms with Crippen molar-refractivity contribution in [2.75, 3.05) is 31.1 Å². The van der Waals surface area contributed by atoms with E-state index < -0.39 is 11.5 Å². The molecule has 1 amide bonds. The number of amides is 1. The highest BCUT2D eigenvalue weighted by atomic mass is 35.5. The number of carbonyl (C=O) groups is 1. The van der Waals surface area contributed by atoms with Gasteiger partial charge in [-0.05, 0) is 32.1 Å². The van der Waals surface area contributed by atoms with Gasteiger partial charge in [-0.3, -0.25) is 4.79 Å². The first-order chi connectivity index (χ1) is 18.8. The minimum atomic E-state index is -0.607. The van der Waals surface area contributed by atoms with Crippen LogP contribution in [-0.4, -0.2) is 67.6 Å². The van der Waals surface area contributed by atoms with Crippen molar-refractivity contribution >= 4 is 34.4 Å². The van der Waals surface area contributed by atoms with Gasteiger partial charge in [0, 0.05) is 25.2 Å². The van der Waals surface area contributed by atoms with Crippen LogP contribution in [0.25, 0.3) is 28.0 Å². The number of hydrogen-bond acceptors (Lipinski definition) is 8. The maximum Gasteiger partial charge on any atom is 0.355 e. The molecular formula is C27H23ClFN7O3. The third-order valence-electron chi connectivity index (χ3n) is 7.11. The molecular weight excluding hydrogens is 525 g/mol. The smallest absolute Gasteiger partial charge is 0.355 e. The zero-order valence-electron chi connectivity index (χ0n) is 21.2. The van der Waals surface area contributed by atoms with E-state index in [9.17, 15) is 14.0 Å². The van der Waals surface area contributed by atoms with Gasteiger partial charge in [0.2, 0.25) is 5.91 Å². The Morgan fingerprint density at radius 2 is 1.92 bits per heavy atom. The molecule has 6 rings (SSSR count). The minimum Gasteiger partial charge on any atom is -0.489 e. The van der Waals surface area contributed by atoms with Crippen molar-refractivity contribution in [3.05, 3.63) is 76.0 Å². The van der Waals surface area contributed by atoms with Gasteiger partial charge in [-0.25, -0.2) is 28.7 Å². The topological polar surface area (TPSA) is 106 Å². The number of carbonyl (C=O) groups excluding carboxylic acids is 1. The van der Waals surface area contributed by atoms with E-state index in [0.717, 1.165) is 0 Å². The fourth-order valence-electron chi connectivity index (χ4n) is 5.25. The molecule has 4 aromatic rings. The first-order valence-corrected chi connectivity index (χ1v) is 12.7. The largest absolute Gasteiger partial charge is 0.489 e. The summed E-state index contributed by atoms with van der Waals surface area (Å²) in [6.45, 7) is 8.38. The monoisotopic (exact) mass is 547 g/mol. The van der Waals surface area contributed by atoms with Crippen LogP contribution in [0.4, 0.5) is 10.2 Å². The van der Waals surface area contributed by atoms with E-state index in [2.05, 4.69) is 21.5 Å². The molecule has 1 fully saturated rings. The molecule has 0 saturated carbocycles. The molecule has 12 heteroatoms. The van der Waals surface area contributed by atoms with Gasteiger partial charge in [-0.15, -0.1) is 0 Å². The van der Waals surface area contributed by atoms with Gasteiger partial charge >= 0.3 is 5.69 Å². The molecule has 39 heavy (non-hydrogen) atoms. The quantitative estimate of drug-likeness (QED) is 0.360. The van der Waals surface area contributed by atoms with E-state index in [1.54, 1.807) is 36.9 Å². The van der Waals surface area contributed by atoms with Crippen LogP contribution in [0.5, 0.6) is 5.75 Å². The summed E-state index contributed by atoms with van der Waals surface area (Å²) >= 11 is 6.88. The lowest BCUT2D eigenvalue weighted by Gasteiger charge is -2.40. The van der Waals surface area contributed by atoms with Crippen molar-refractivity contribution in [1.29, 1.82) is 0 Å². The van der Waals surface area contributed by atoms with Crippen LogP contribution in [0.3, 0.4) is 0 Å². The predicted molar refractivity (Wildman–Crippen MR) is 144 cm³/mol. The molecule has 198 valence electrons. The summed E-state index contributed by atoms with van der Waals surface area (Å²) in [5.41, 5.74) is 1.36. The molecule has 0 aliphatic carbocycles. The summed E-state index contributed by atoms with van der Waals surface area (Å²) in [6, 6.07) is 5.80. The number of benzene rings is 1. The van der Waals surface area contributed by atoms with Crippen molar-refractivity contribution in [3.63, 3.8) is 0 Å². The van der Waals surface area contributed by atoms with Crippen LogP contribution in [0.2, 0.25) is 5.02 Å².